The molecular weight excluding hydrogens is 279 g/mol. The summed E-state index contributed by atoms with van der Waals surface area (Å²) >= 11 is 8.87. The maximum atomic E-state index is 12.3. The molecule has 1 heterocycles. The van der Waals surface area contributed by atoms with Crippen LogP contribution in [-0.2, 0) is 5.33 Å². The van der Waals surface area contributed by atoms with Crippen LogP contribution in [0.3, 0.4) is 0 Å². The molecule has 6 heteroatoms. The number of pyridine rings is 1. The number of nitrogens with zero attached hydrogens (tertiary/aromatic N) is 1. The quantitative estimate of drug-likeness (QED) is 0.626. The summed E-state index contributed by atoms with van der Waals surface area (Å²) in [6.07, 6.45) is -2.65. The van der Waals surface area contributed by atoms with Crippen molar-refractivity contribution >= 4 is 27.5 Å². The molecule has 0 atom stereocenters. The van der Waals surface area contributed by atoms with Crippen LogP contribution < -0.4 is 4.74 Å². The highest BCUT2D eigenvalue weighted by molar-refractivity contribution is 9.08. The number of halogens is 4. The number of methoxy groups -OCH3 is 1. The average Bonchev–Trinajstić information content (AvgIpc) is 2.16. The molecule has 0 saturated carbocycles. The van der Waals surface area contributed by atoms with E-state index in [9.17, 15) is 8.78 Å². The van der Waals surface area contributed by atoms with E-state index in [1.165, 1.54) is 13.2 Å². The van der Waals surface area contributed by atoms with E-state index in [0.717, 1.165) is 0 Å². The Kier molecular flexibility index (Phi) is 4.07. The minimum absolute atomic E-state index is 0.0384. The third-order valence-electron chi connectivity index (χ3n) is 1.63. The summed E-state index contributed by atoms with van der Waals surface area (Å²) in [5, 5.41) is 0.447. The molecule has 0 aliphatic carbocycles. The molecule has 1 rings (SSSR count). The molecule has 0 saturated heterocycles. The van der Waals surface area contributed by atoms with Crippen molar-refractivity contribution in [3.05, 3.63) is 22.5 Å². The molecular formula is C8H7BrClF2NO. The third kappa shape index (κ3) is 2.33. The van der Waals surface area contributed by atoms with Gasteiger partial charge in [-0.25, -0.2) is 13.8 Å². The highest BCUT2D eigenvalue weighted by Crippen LogP contribution is 2.31. The van der Waals surface area contributed by atoms with Gasteiger partial charge >= 0.3 is 0 Å². The fourth-order valence-corrected chi connectivity index (χ4v) is 1.91. The summed E-state index contributed by atoms with van der Waals surface area (Å²) in [5.41, 5.74) is 0.190. The Hall–Kier alpha value is -0.420. The number of hydrogen-bond donors (Lipinski definition) is 0. The van der Waals surface area contributed by atoms with Crippen LogP contribution in [0.4, 0.5) is 8.78 Å². The van der Waals surface area contributed by atoms with Gasteiger partial charge in [-0.3, -0.25) is 0 Å². The summed E-state index contributed by atoms with van der Waals surface area (Å²) in [5.74, 6) is 0.317. The fourth-order valence-electron chi connectivity index (χ4n) is 0.951. The predicted octanol–water partition coefficient (Wildman–Crippen LogP) is 3.58. The lowest BCUT2D eigenvalue weighted by atomic mass is 10.2. The smallest absolute Gasteiger partial charge is 0.280 e. The van der Waals surface area contributed by atoms with Crippen molar-refractivity contribution in [2.75, 3.05) is 7.11 Å². The highest BCUT2D eigenvalue weighted by atomic mass is 79.9. The monoisotopic (exact) mass is 285 g/mol. The fraction of sp³-hybridized carbons (Fsp3) is 0.375. The normalized spacial score (nSPS) is 10.7. The van der Waals surface area contributed by atoms with Crippen LogP contribution in [0.5, 0.6) is 5.75 Å². The Balaban J connectivity index is 3.24. The van der Waals surface area contributed by atoms with E-state index in [0.29, 0.717) is 16.6 Å². The highest BCUT2D eigenvalue weighted by Gasteiger charge is 2.16. The van der Waals surface area contributed by atoms with Crippen molar-refractivity contribution in [3.8, 4) is 5.75 Å². The average molecular weight is 287 g/mol. The topological polar surface area (TPSA) is 22.1 Å². The van der Waals surface area contributed by atoms with Gasteiger partial charge in [0, 0.05) is 17.0 Å². The Bertz CT molecular complexity index is 335. The molecule has 0 radical (unpaired) electrons. The van der Waals surface area contributed by atoms with Gasteiger partial charge < -0.3 is 4.74 Å². The van der Waals surface area contributed by atoms with Gasteiger partial charge in [-0.1, -0.05) is 27.5 Å². The van der Waals surface area contributed by atoms with Crippen molar-refractivity contribution in [1.82, 2.24) is 4.98 Å². The van der Waals surface area contributed by atoms with Gasteiger partial charge in [-0.2, -0.15) is 0 Å². The van der Waals surface area contributed by atoms with E-state index in [1.54, 1.807) is 0 Å². The molecule has 0 bridgehead atoms. The van der Waals surface area contributed by atoms with Gasteiger partial charge in [0.25, 0.3) is 6.43 Å². The van der Waals surface area contributed by atoms with E-state index in [2.05, 4.69) is 20.9 Å². The first-order chi connectivity index (χ1) is 6.60. The van der Waals surface area contributed by atoms with Crippen molar-refractivity contribution < 1.29 is 13.5 Å². The molecule has 1 aromatic rings. The molecule has 78 valence electrons. The number of rotatable bonds is 3. The Morgan fingerprint density at radius 2 is 2.29 bits per heavy atom. The van der Waals surface area contributed by atoms with Crippen molar-refractivity contribution in [2.45, 2.75) is 11.8 Å². The van der Waals surface area contributed by atoms with Gasteiger partial charge in [0.15, 0.2) is 0 Å². The minimum Gasteiger partial charge on any atom is -0.496 e. The Morgan fingerprint density at radius 3 is 2.71 bits per heavy atom. The van der Waals surface area contributed by atoms with E-state index < -0.39 is 6.43 Å². The first-order valence-corrected chi connectivity index (χ1v) is 5.17. The zero-order valence-corrected chi connectivity index (χ0v) is 9.57. The van der Waals surface area contributed by atoms with E-state index in [4.69, 9.17) is 16.3 Å². The second-order valence-electron chi connectivity index (χ2n) is 2.45. The van der Waals surface area contributed by atoms with Gasteiger partial charge in [-0.05, 0) is 0 Å². The van der Waals surface area contributed by atoms with Crippen LogP contribution in [0.25, 0.3) is 0 Å². The number of aromatic nitrogens is 1. The molecule has 0 amide bonds. The van der Waals surface area contributed by atoms with Crippen LogP contribution in [-0.4, -0.2) is 12.1 Å². The molecule has 0 unspecified atom stereocenters. The standard InChI is InChI=1S/C8H7BrClF2NO/c1-14-6-2-5(8(11)12)13-7(10)4(6)3-9/h2,8H,3H2,1H3. The lowest BCUT2D eigenvalue weighted by molar-refractivity contribution is 0.145. The molecule has 0 aliphatic rings. The maximum Gasteiger partial charge on any atom is 0.280 e. The van der Waals surface area contributed by atoms with Crippen LogP contribution in [0.15, 0.2) is 6.07 Å². The zero-order valence-electron chi connectivity index (χ0n) is 7.23. The van der Waals surface area contributed by atoms with Crippen LogP contribution in [0, 0.1) is 0 Å². The van der Waals surface area contributed by atoms with Gasteiger partial charge in [0.05, 0.1) is 7.11 Å². The minimum atomic E-state index is -2.65. The first-order valence-electron chi connectivity index (χ1n) is 3.67. The molecule has 0 aliphatic heterocycles. The summed E-state index contributed by atoms with van der Waals surface area (Å²) in [4.78, 5) is 3.56. The third-order valence-corrected chi connectivity index (χ3v) is 2.50. The van der Waals surface area contributed by atoms with Gasteiger partial charge in [0.1, 0.15) is 16.6 Å². The molecule has 1 aromatic heterocycles. The molecule has 0 fully saturated rings. The van der Waals surface area contributed by atoms with Crippen LogP contribution in [0.2, 0.25) is 5.15 Å². The maximum absolute atomic E-state index is 12.3. The predicted molar refractivity (Wildman–Crippen MR) is 53.4 cm³/mol. The largest absolute Gasteiger partial charge is 0.496 e. The van der Waals surface area contributed by atoms with E-state index in [-0.39, 0.29) is 10.8 Å². The Labute approximate surface area is 93.4 Å². The molecule has 2 nitrogen and oxygen atoms in total. The van der Waals surface area contributed by atoms with Crippen molar-refractivity contribution in [2.24, 2.45) is 0 Å². The van der Waals surface area contributed by atoms with E-state index >= 15 is 0 Å². The molecule has 0 N–H and O–H groups in total. The summed E-state index contributed by atoms with van der Waals surface area (Å²) in [7, 11) is 1.40. The van der Waals surface area contributed by atoms with Crippen LogP contribution >= 0.6 is 27.5 Å². The SMILES string of the molecule is COc1cc(C(F)F)nc(Cl)c1CBr. The lowest BCUT2D eigenvalue weighted by Gasteiger charge is -2.09. The summed E-state index contributed by atoms with van der Waals surface area (Å²) in [6, 6.07) is 1.19. The molecule has 0 aromatic carbocycles. The number of hydrogen-bond acceptors (Lipinski definition) is 2. The van der Waals surface area contributed by atoms with Crippen LogP contribution in [0.1, 0.15) is 17.7 Å². The first kappa shape index (κ1) is 11.7. The van der Waals surface area contributed by atoms with Crippen molar-refractivity contribution in [3.63, 3.8) is 0 Å². The number of alkyl halides is 3. The second-order valence-corrected chi connectivity index (χ2v) is 3.37. The molecule has 0 spiro atoms. The van der Waals surface area contributed by atoms with E-state index in [1.807, 2.05) is 0 Å². The van der Waals surface area contributed by atoms with Crippen molar-refractivity contribution in [1.29, 1.82) is 0 Å². The molecule has 14 heavy (non-hydrogen) atoms. The number of ether oxygens (including phenoxy) is 1. The van der Waals surface area contributed by atoms with Gasteiger partial charge in [-0.15, -0.1) is 0 Å². The summed E-state index contributed by atoms with van der Waals surface area (Å²) < 4.78 is 29.5. The zero-order chi connectivity index (χ0) is 10.7. The van der Waals surface area contributed by atoms with Gasteiger partial charge in [0.2, 0.25) is 0 Å². The summed E-state index contributed by atoms with van der Waals surface area (Å²) in [6.45, 7) is 0. The lowest BCUT2D eigenvalue weighted by Crippen LogP contribution is -1.98. The second kappa shape index (κ2) is 4.89. The Morgan fingerprint density at radius 1 is 1.64 bits per heavy atom.